The number of esters is 2. The molecule has 1 aromatic heterocycles. The molecule has 0 fully saturated rings. The number of carbonyl (C=O) groups excluding carboxylic acids is 3. The Morgan fingerprint density at radius 1 is 1.00 bits per heavy atom. The molecule has 50 heavy (non-hydrogen) atoms. The maximum absolute atomic E-state index is 13.2. The number of fused-ring (bicyclic) bond motifs is 1. The fraction of sp³-hybridized carbons (Fsp3) is 0.250. The summed E-state index contributed by atoms with van der Waals surface area (Å²) in [4.78, 5) is 51.2. The van der Waals surface area contributed by atoms with Gasteiger partial charge in [-0.1, -0.05) is 36.4 Å². The molecule has 0 spiro atoms. The van der Waals surface area contributed by atoms with Gasteiger partial charge in [0.25, 0.3) is 5.88 Å². The van der Waals surface area contributed by atoms with Crippen molar-refractivity contribution in [1.82, 2.24) is 15.3 Å². The molecule has 1 amide bonds. The monoisotopic (exact) mass is 675 g/mol. The standard InChI is InChI=1S/C36H33N7O7/c1-2-47-30(45)12-10-23-15-25(32-38-13-6-14-39-32)18-26(16-23)49-34-31-33(40-20-29(44)41-31)42-36(43-34)50-28-17-24(19-37)9-11-27(28)35(46)48-21-22-7-4-3-5-8-22/h3-5,7-9,11,13,15-18,32,39H,2,6,10,12,14,20-21H2,1H3,(H,41,44)(H,40,42,43). The summed E-state index contributed by atoms with van der Waals surface area (Å²) in [6, 6.07) is 20.8. The molecular weight excluding hydrogens is 642 g/mol. The van der Waals surface area contributed by atoms with E-state index in [1.54, 1.807) is 19.1 Å². The quantitative estimate of drug-likeness (QED) is 0.167. The summed E-state index contributed by atoms with van der Waals surface area (Å²) >= 11 is 0. The lowest BCUT2D eigenvalue weighted by Crippen LogP contribution is -2.28. The second-order valence-electron chi connectivity index (χ2n) is 11.2. The molecular formula is C36H33N7O7. The zero-order chi connectivity index (χ0) is 34.9. The zero-order valence-corrected chi connectivity index (χ0v) is 27.1. The third-order valence-electron chi connectivity index (χ3n) is 7.59. The van der Waals surface area contributed by atoms with Crippen molar-refractivity contribution in [2.45, 2.75) is 39.0 Å². The lowest BCUT2D eigenvalue weighted by Gasteiger charge is -2.22. The van der Waals surface area contributed by atoms with Gasteiger partial charge in [-0.15, -0.1) is 0 Å². The summed E-state index contributed by atoms with van der Waals surface area (Å²) in [7, 11) is 0. The van der Waals surface area contributed by atoms with E-state index in [1.165, 1.54) is 18.2 Å². The molecule has 0 bridgehead atoms. The van der Waals surface area contributed by atoms with Crippen LogP contribution in [0, 0.1) is 11.3 Å². The van der Waals surface area contributed by atoms with Crippen LogP contribution >= 0.6 is 0 Å². The minimum atomic E-state index is -0.681. The van der Waals surface area contributed by atoms with E-state index in [1.807, 2.05) is 48.7 Å². The van der Waals surface area contributed by atoms with Crippen molar-refractivity contribution in [2.24, 2.45) is 4.99 Å². The number of aliphatic imine (C=N–C) groups is 1. The van der Waals surface area contributed by atoms with Gasteiger partial charge in [-0.3, -0.25) is 19.9 Å². The van der Waals surface area contributed by atoms with Crippen LogP contribution in [0.25, 0.3) is 0 Å². The normalized spacial score (nSPS) is 14.7. The molecule has 14 heteroatoms. The maximum Gasteiger partial charge on any atom is 0.342 e. The summed E-state index contributed by atoms with van der Waals surface area (Å²) in [5.74, 6) is -0.841. The van der Waals surface area contributed by atoms with Crippen LogP contribution in [0.5, 0.6) is 23.4 Å². The van der Waals surface area contributed by atoms with Gasteiger partial charge in [0, 0.05) is 19.2 Å². The number of hydrogen-bond donors (Lipinski definition) is 3. The van der Waals surface area contributed by atoms with Gasteiger partial charge in [-0.05, 0) is 66.8 Å². The first kappa shape index (κ1) is 33.6. The van der Waals surface area contributed by atoms with Crippen LogP contribution in [0.3, 0.4) is 0 Å². The topological polar surface area (TPSA) is 186 Å². The number of rotatable bonds is 12. The number of amides is 1. The Hall–Kier alpha value is -6.33. The summed E-state index contributed by atoms with van der Waals surface area (Å²) in [6.07, 6.45) is 2.87. The number of benzene rings is 3. The third-order valence-corrected chi connectivity index (χ3v) is 7.59. The van der Waals surface area contributed by atoms with Crippen LogP contribution in [0.4, 0.5) is 11.5 Å². The first-order chi connectivity index (χ1) is 24.4. The van der Waals surface area contributed by atoms with E-state index in [0.717, 1.165) is 29.7 Å². The molecule has 3 heterocycles. The number of aryl methyl sites for hydroxylation is 1. The number of carbonyl (C=O) groups is 3. The number of nitrogens with zero attached hydrogens (tertiary/aromatic N) is 4. The number of aromatic nitrogens is 2. The molecule has 2 aliphatic rings. The molecule has 0 aliphatic carbocycles. The van der Waals surface area contributed by atoms with E-state index in [-0.39, 0.29) is 84.5 Å². The van der Waals surface area contributed by atoms with E-state index in [2.05, 4.69) is 30.9 Å². The van der Waals surface area contributed by atoms with Crippen LogP contribution in [-0.2, 0) is 32.1 Å². The van der Waals surface area contributed by atoms with E-state index in [4.69, 9.17) is 18.9 Å². The molecule has 2 aliphatic heterocycles. The molecule has 6 rings (SSSR count). The third kappa shape index (κ3) is 8.38. The molecule has 1 unspecified atom stereocenters. The van der Waals surface area contributed by atoms with Crippen molar-refractivity contribution in [3.8, 4) is 29.5 Å². The molecule has 254 valence electrons. The van der Waals surface area contributed by atoms with Crippen molar-refractivity contribution in [2.75, 3.05) is 30.3 Å². The summed E-state index contributed by atoms with van der Waals surface area (Å²) in [6.45, 7) is 2.74. The number of anilines is 2. The Balaban J connectivity index is 1.33. The molecule has 0 radical (unpaired) electrons. The van der Waals surface area contributed by atoms with Gasteiger partial charge in [0.15, 0.2) is 5.82 Å². The second-order valence-corrected chi connectivity index (χ2v) is 11.2. The van der Waals surface area contributed by atoms with E-state index in [9.17, 15) is 19.6 Å². The fourth-order valence-electron chi connectivity index (χ4n) is 5.23. The Kier molecular flexibility index (Phi) is 10.5. The summed E-state index contributed by atoms with van der Waals surface area (Å²) in [5, 5.41) is 18.6. The number of ether oxygens (including phenoxy) is 4. The molecule has 4 aromatic rings. The average molecular weight is 676 g/mol. The highest BCUT2D eigenvalue weighted by molar-refractivity contribution is 6.01. The Labute approximate surface area is 287 Å². The number of hydrogen-bond acceptors (Lipinski definition) is 13. The van der Waals surface area contributed by atoms with Crippen molar-refractivity contribution in [1.29, 1.82) is 5.26 Å². The Morgan fingerprint density at radius 3 is 2.64 bits per heavy atom. The predicted molar refractivity (Wildman–Crippen MR) is 181 cm³/mol. The minimum absolute atomic E-state index is 0.0164. The summed E-state index contributed by atoms with van der Waals surface area (Å²) < 4.78 is 23.0. The fourth-order valence-corrected chi connectivity index (χ4v) is 5.23. The van der Waals surface area contributed by atoms with E-state index in [0.29, 0.717) is 12.2 Å². The first-order valence-corrected chi connectivity index (χ1v) is 16.0. The van der Waals surface area contributed by atoms with Gasteiger partial charge < -0.3 is 29.6 Å². The molecule has 3 N–H and O–H groups in total. The van der Waals surface area contributed by atoms with Crippen LogP contribution in [0.15, 0.2) is 71.7 Å². The maximum atomic E-state index is 13.2. The number of nitrogens with one attached hydrogen (secondary N) is 3. The zero-order valence-electron chi connectivity index (χ0n) is 27.1. The lowest BCUT2D eigenvalue weighted by atomic mass is 10.0. The highest BCUT2D eigenvalue weighted by Crippen LogP contribution is 2.39. The van der Waals surface area contributed by atoms with Crippen molar-refractivity contribution < 1.29 is 33.3 Å². The van der Waals surface area contributed by atoms with Crippen LogP contribution in [-0.4, -0.2) is 53.7 Å². The van der Waals surface area contributed by atoms with Gasteiger partial charge in [-0.25, -0.2) is 4.79 Å². The number of nitriles is 1. The van der Waals surface area contributed by atoms with E-state index < -0.39 is 5.97 Å². The molecule has 1 atom stereocenters. The van der Waals surface area contributed by atoms with Gasteiger partial charge >= 0.3 is 17.9 Å². The average Bonchev–Trinajstić information content (AvgIpc) is 3.14. The Morgan fingerprint density at radius 2 is 1.86 bits per heavy atom. The van der Waals surface area contributed by atoms with E-state index >= 15 is 0 Å². The predicted octanol–water partition coefficient (Wildman–Crippen LogP) is 5.21. The van der Waals surface area contributed by atoms with Gasteiger partial charge in [-0.2, -0.15) is 15.2 Å². The van der Waals surface area contributed by atoms with Crippen LogP contribution in [0.2, 0.25) is 0 Å². The lowest BCUT2D eigenvalue weighted by molar-refractivity contribution is -0.143. The Bertz CT molecular complexity index is 1980. The smallest absolute Gasteiger partial charge is 0.342 e. The molecule has 0 saturated carbocycles. The highest BCUT2D eigenvalue weighted by Gasteiger charge is 2.26. The summed E-state index contributed by atoms with van der Waals surface area (Å²) in [5.41, 5.74) is 2.83. The largest absolute Gasteiger partial charge is 0.466 e. The molecule has 0 saturated heterocycles. The van der Waals surface area contributed by atoms with Crippen LogP contribution in [0.1, 0.15) is 58.5 Å². The van der Waals surface area contributed by atoms with Gasteiger partial charge in [0.05, 0.1) is 24.8 Å². The second kappa shape index (κ2) is 15.7. The van der Waals surface area contributed by atoms with Gasteiger partial charge in [0.1, 0.15) is 35.5 Å². The SMILES string of the molecule is CCOC(=O)CCc1cc(Oc2nc(Oc3cc(C#N)ccc3C(=O)OCc3ccccc3)nc3c2NC(=O)CN3)cc(C2N=CCCN2)c1. The van der Waals surface area contributed by atoms with Crippen LogP contribution < -0.4 is 25.4 Å². The first-order valence-electron chi connectivity index (χ1n) is 16.0. The minimum Gasteiger partial charge on any atom is -0.466 e. The van der Waals surface area contributed by atoms with Crippen molar-refractivity contribution >= 4 is 35.6 Å². The molecule has 3 aromatic carbocycles. The highest BCUT2D eigenvalue weighted by atomic mass is 16.5. The molecule has 14 nitrogen and oxygen atoms in total. The van der Waals surface area contributed by atoms with Gasteiger partial charge in [0.2, 0.25) is 5.91 Å². The van der Waals surface area contributed by atoms with Crippen molar-refractivity contribution in [3.05, 3.63) is 94.5 Å². The van der Waals surface area contributed by atoms with Crippen molar-refractivity contribution in [3.63, 3.8) is 0 Å².